The third kappa shape index (κ3) is 2.54. The molecule has 1 aromatic heterocycles. The molecule has 0 aliphatic carbocycles. The van der Waals surface area contributed by atoms with Crippen LogP contribution in [0.1, 0.15) is 27.2 Å². The number of anilines is 2. The molecule has 2 heterocycles. The Morgan fingerprint density at radius 1 is 1.47 bits per heavy atom. The van der Waals surface area contributed by atoms with Gasteiger partial charge in [0, 0.05) is 19.1 Å². The second-order valence-corrected chi connectivity index (χ2v) is 5.53. The zero-order chi connectivity index (χ0) is 12.4. The SMILES string of the molecule is CCNc1ncnc(N2CC(C)CC2C)c1Br. The molecule has 0 amide bonds. The van der Waals surface area contributed by atoms with E-state index in [-0.39, 0.29) is 0 Å². The van der Waals surface area contributed by atoms with Gasteiger partial charge in [0.25, 0.3) is 0 Å². The third-order valence-electron chi connectivity index (χ3n) is 3.17. The largest absolute Gasteiger partial charge is 0.369 e. The molecule has 1 fully saturated rings. The Kier molecular flexibility index (Phi) is 3.86. The van der Waals surface area contributed by atoms with Crippen LogP contribution < -0.4 is 10.2 Å². The van der Waals surface area contributed by atoms with Crippen LogP contribution in [0.3, 0.4) is 0 Å². The van der Waals surface area contributed by atoms with Crippen LogP contribution in [-0.4, -0.2) is 29.1 Å². The average Bonchev–Trinajstić information content (AvgIpc) is 2.61. The molecule has 0 aromatic carbocycles. The molecule has 2 atom stereocenters. The molecule has 0 spiro atoms. The number of halogens is 1. The molecule has 94 valence electrons. The first kappa shape index (κ1) is 12.6. The third-order valence-corrected chi connectivity index (χ3v) is 3.90. The van der Waals surface area contributed by atoms with Gasteiger partial charge in [0.05, 0.1) is 0 Å². The summed E-state index contributed by atoms with van der Waals surface area (Å²) >= 11 is 3.61. The molecule has 0 bridgehead atoms. The summed E-state index contributed by atoms with van der Waals surface area (Å²) in [6.07, 6.45) is 2.86. The van der Waals surface area contributed by atoms with Crippen molar-refractivity contribution in [1.29, 1.82) is 0 Å². The molecule has 1 N–H and O–H groups in total. The van der Waals surface area contributed by atoms with E-state index < -0.39 is 0 Å². The quantitative estimate of drug-likeness (QED) is 0.932. The lowest BCUT2D eigenvalue weighted by Gasteiger charge is -2.24. The fraction of sp³-hybridized carbons (Fsp3) is 0.667. The molecule has 1 aliphatic rings. The van der Waals surface area contributed by atoms with Crippen LogP contribution in [0.25, 0.3) is 0 Å². The summed E-state index contributed by atoms with van der Waals surface area (Å²) in [5.74, 6) is 2.62. The van der Waals surface area contributed by atoms with Crippen molar-refractivity contribution < 1.29 is 0 Å². The van der Waals surface area contributed by atoms with Crippen LogP contribution in [0, 0.1) is 5.92 Å². The van der Waals surface area contributed by atoms with Crippen LogP contribution in [0.2, 0.25) is 0 Å². The van der Waals surface area contributed by atoms with Crippen molar-refractivity contribution in [2.75, 3.05) is 23.3 Å². The first-order valence-electron chi connectivity index (χ1n) is 6.14. The van der Waals surface area contributed by atoms with Crippen molar-refractivity contribution in [3.63, 3.8) is 0 Å². The maximum absolute atomic E-state index is 4.42. The van der Waals surface area contributed by atoms with Crippen molar-refractivity contribution in [3.05, 3.63) is 10.8 Å². The smallest absolute Gasteiger partial charge is 0.148 e. The Balaban J connectivity index is 2.29. The van der Waals surface area contributed by atoms with Gasteiger partial charge in [-0.1, -0.05) is 6.92 Å². The number of rotatable bonds is 3. The highest BCUT2D eigenvalue weighted by Gasteiger charge is 2.29. The highest BCUT2D eigenvalue weighted by atomic mass is 79.9. The Hall–Kier alpha value is -0.840. The van der Waals surface area contributed by atoms with Crippen LogP contribution in [0.15, 0.2) is 10.8 Å². The van der Waals surface area contributed by atoms with E-state index >= 15 is 0 Å². The van der Waals surface area contributed by atoms with Gasteiger partial charge in [-0.25, -0.2) is 9.97 Å². The van der Waals surface area contributed by atoms with Crippen molar-refractivity contribution in [1.82, 2.24) is 9.97 Å². The van der Waals surface area contributed by atoms with Crippen molar-refractivity contribution in [3.8, 4) is 0 Å². The van der Waals surface area contributed by atoms with Crippen molar-refractivity contribution in [2.45, 2.75) is 33.2 Å². The first-order valence-corrected chi connectivity index (χ1v) is 6.93. The zero-order valence-electron chi connectivity index (χ0n) is 10.6. The van der Waals surface area contributed by atoms with E-state index in [0.29, 0.717) is 6.04 Å². The number of nitrogens with zero attached hydrogens (tertiary/aromatic N) is 3. The second kappa shape index (κ2) is 5.21. The van der Waals surface area contributed by atoms with Gasteiger partial charge in [0.15, 0.2) is 0 Å². The van der Waals surface area contributed by atoms with E-state index in [1.165, 1.54) is 6.42 Å². The standard InChI is InChI=1S/C12H19BrN4/c1-4-14-11-10(13)12(16-7-15-11)17-6-8(2)5-9(17)3/h7-9H,4-6H2,1-3H3,(H,14,15,16). The fourth-order valence-electron chi connectivity index (χ4n) is 2.45. The van der Waals surface area contributed by atoms with Gasteiger partial charge in [-0.15, -0.1) is 0 Å². The summed E-state index contributed by atoms with van der Waals surface area (Å²) in [6, 6.07) is 0.547. The first-order chi connectivity index (χ1) is 8.13. The monoisotopic (exact) mass is 298 g/mol. The minimum absolute atomic E-state index is 0.547. The Bertz CT molecular complexity index is 396. The summed E-state index contributed by atoms with van der Waals surface area (Å²) in [6.45, 7) is 8.54. The molecule has 2 unspecified atom stereocenters. The highest BCUT2D eigenvalue weighted by Crippen LogP contribution is 2.35. The van der Waals surface area contributed by atoms with E-state index in [4.69, 9.17) is 0 Å². The lowest BCUT2D eigenvalue weighted by molar-refractivity contribution is 0.625. The molecule has 1 aliphatic heterocycles. The highest BCUT2D eigenvalue weighted by molar-refractivity contribution is 9.10. The van der Waals surface area contributed by atoms with Crippen molar-refractivity contribution in [2.24, 2.45) is 5.92 Å². The molecule has 2 rings (SSSR count). The predicted octanol–water partition coefficient (Wildman–Crippen LogP) is 2.91. The number of nitrogens with one attached hydrogen (secondary N) is 1. The molecule has 5 heteroatoms. The molecular formula is C12H19BrN4. The minimum atomic E-state index is 0.547. The summed E-state index contributed by atoms with van der Waals surface area (Å²) in [5.41, 5.74) is 0. The predicted molar refractivity (Wildman–Crippen MR) is 74.5 cm³/mol. The zero-order valence-corrected chi connectivity index (χ0v) is 12.2. The molecule has 1 saturated heterocycles. The topological polar surface area (TPSA) is 41.1 Å². The van der Waals surface area contributed by atoms with Crippen LogP contribution in [0.5, 0.6) is 0 Å². The maximum atomic E-state index is 4.42. The minimum Gasteiger partial charge on any atom is -0.369 e. The van der Waals surface area contributed by atoms with E-state index in [1.807, 2.05) is 0 Å². The van der Waals surface area contributed by atoms with E-state index in [0.717, 1.165) is 35.1 Å². The Labute approximate surface area is 111 Å². The summed E-state index contributed by atoms with van der Waals surface area (Å²) in [5, 5.41) is 3.24. The normalized spacial score (nSPS) is 24.1. The fourth-order valence-corrected chi connectivity index (χ4v) is 3.02. The average molecular weight is 299 g/mol. The Morgan fingerprint density at radius 3 is 2.82 bits per heavy atom. The van der Waals surface area contributed by atoms with Gasteiger partial charge < -0.3 is 10.2 Å². The summed E-state index contributed by atoms with van der Waals surface area (Å²) in [4.78, 5) is 11.0. The second-order valence-electron chi connectivity index (χ2n) is 4.73. The molecule has 4 nitrogen and oxygen atoms in total. The van der Waals surface area contributed by atoms with Gasteiger partial charge in [-0.05, 0) is 42.1 Å². The number of aromatic nitrogens is 2. The van der Waals surface area contributed by atoms with Crippen molar-refractivity contribution >= 4 is 27.6 Å². The molecular weight excluding hydrogens is 280 g/mol. The Morgan fingerprint density at radius 2 is 2.24 bits per heavy atom. The van der Waals surface area contributed by atoms with Gasteiger partial charge >= 0.3 is 0 Å². The molecule has 0 radical (unpaired) electrons. The number of hydrogen-bond acceptors (Lipinski definition) is 4. The lowest BCUT2D eigenvalue weighted by atomic mass is 10.1. The van der Waals surface area contributed by atoms with Gasteiger partial charge in [0.1, 0.15) is 22.4 Å². The van der Waals surface area contributed by atoms with Crippen LogP contribution in [0.4, 0.5) is 11.6 Å². The van der Waals surface area contributed by atoms with E-state index in [1.54, 1.807) is 6.33 Å². The van der Waals surface area contributed by atoms with Gasteiger partial charge in [-0.3, -0.25) is 0 Å². The lowest BCUT2D eigenvalue weighted by Crippen LogP contribution is -2.28. The summed E-state index contributed by atoms with van der Waals surface area (Å²) in [7, 11) is 0. The maximum Gasteiger partial charge on any atom is 0.148 e. The van der Waals surface area contributed by atoms with Gasteiger partial charge in [-0.2, -0.15) is 0 Å². The van der Waals surface area contributed by atoms with E-state index in [9.17, 15) is 0 Å². The molecule has 0 saturated carbocycles. The molecule has 1 aromatic rings. The van der Waals surface area contributed by atoms with Crippen LogP contribution in [-0.2, 0) is 0 Å². The summed E-state index contributed by atoms with van der Waals surface area (Å²) < 4.78 is 0.975. The molecule has 17 heavy (non-hydrogen) atoms. The van der Waals surface area contributed by atoms with E-state index in [2.05, 4.69) is 56.9 Å². The number of hydrogen-bond donors (Lipinski definition) is 1. The van der Waals surface area contributed by atoms with Crippen LogP contribution >= 0.6 is 15.9 Å². The van der Waals surface area contributed by atoms with Gasteiger partial charge in [0.2, 0.25) is 0 Å².